The molecule has 45 heavy (non-hydrogen) atoms. The summed E-state index contributed by atoms with van der Waals surface area (Å²) in [7, 11) is 0. The molecule has 3 aliphatic rings. The number of rotatable bonds is 4. The number of fused-ring (bicyclic) bond motifs is 2. The lowest BCUT2D eigenvalue weighted by Crippen LogP contribution is -2.61. The molecular weight excluding hydrogens is 598 g/mol. The number of ether oxygens (including phenoxy) is 1. The molecule has 242 valence electrons. The smallest absolute Gasteiger partial charge is 0.408 e. The fraction of sp³-hybridized carbons (Fsp3) is 0.581. The summed E-state index contributed by atoms with van der Waals surface area (Å²) < 4.78 is 4.73. The van der Waals surface area contributed by atoms with Crippen molar-refractivity contribution >= 4 is 35.6 Å². The zero-order valence-electron chi connectivity index (χ0n) is 26.2. The minimum Gasteiger partial charge on any atom is -0.479 e. The van der Waals surface area contributed by atoms with E-state index in [4.69, 9.17) is 4.74 Å². The first kappa shape index (κ1) is 32.5. The number of hydrogen-bond acceptors (Lipinski definition) is 9. The van der Waals surface area contributed by atoms with Crippen LogP contribution in [0.2, 0.25) is 0 Å². The Labute approximate surface area is 266 Å². The van der Waals surface area contributed by atoms with Gasteiger partial charge in [0.2, 0.25) is 17.6 Å². The number of thioether (sulfide) groups is 1. The van der Waals surface area contributed by atoms with Gasteiger partial charge in [-0.3, -0.25) is 9.59 Å². The van der Waals surface area contributed by atoms with Crippen molar-refractivity contribution in [3.05, 3.63) is 42.5 Å². The Morgan fingerprint density at radius 3 is 2.60 bits per heavy atom. The predicted octanol–water partition coefficient (Wildman–Crippen LogP) is 3.20. The van der Waals surface area contributed by atoms with Crippen LogP contribution >= 0.6 is 11.8 Å². The third-order valence-corrected chi connectivity index (χ3v) is 9.83. The van der Waals surface area contributed by atoms with Crippen molar-refractivity contribution in [3.63, 3.8) is 0 Å². The van der Waals surface area contributed by atoms with Gasteiger partial charge in [-0.15, -0.1) is 10.2 Å². The Hall–Kier alpha value is -3.94. The Morgan fingerprint density at radius 1 is 1.18 bits per heavy atom. The maximum absolute atomic E-state index is 14.5. The molecule has 1 saturated carbocycles. The van der Waals surface area contributed by atoms with Crippen LogP contribution in [0, 0.1) is 5.92 Å². The van der Waals surface area contributed by atoms with Crippen molar-refractivity contribution in [2.45, 2.75) is 94.3 Å². The van der Waals surface area contributed by atoms with Gasteiger partial charge in [0.1, 0.15) is 23.2 Å². The molecular formula is C31H41N7O6S. The minimum atomic E-state index is -1.44. The molecule has 3 N–H and O–H groups in total. The lowest BCUT2D eigenvalue weighted by molar-refractivity contribution is -0.145. The third kappa shape index (κ3) is 7.15. The number of aliphatic carboxylic acids is 1. The van der Waals surface area contributed by atoms with E-state index in [1.807, 2.05) is 56.3 Å². The highest BCUT2D eigenvalue weighted by Gasteiger charge is 2.61. The van der Waals surface area contributed by atoms with Gasteiger partial charge >= 0.3 is 12.1 Å². The normalized spacial score (nSPS) is 29.3. The van der Waals surface area contributed by atoms with Gasteiger partial charge < -0.3 is 25.4 Å². The summed E-state index contributed by atoms with van der Waals surface area (Å²) in [5, 5.41) is 28.7. The summed E-state index contributed by atoms with van der Waals surface area (Å²) in [5.74, 6) is -1.43. The lowest BCUT2D eigenvalue weighted by Gasteiger charge is -2.37. The molecule has 5 rings (SSSR count). The number of alkyl carbamates (subject to hydrolysis) is 1. The van der Waals surface area contributed by atoms with Crippen LogP contribution < -0.4 is 10.6 Å². The topological polar surface area (TPSA) is 169 Å². The van der Waals surface area contributed by atoms with E-state index in [0.29, 0.717) is 18.0 Å². The molecule has 13 nitrogen and oxygen atoms in total. The van der Waals surface area contributed by atoms with Crippen molar-refractivity contribution in [3.8, 4) is 11.4 Å². The van der Waals surface area contributed by atoms with Crippen LogP contribution in [0.3, 0.4) is 0 Å². The number of amides is 3. The Balaban J connectivity index is 1.50. The fourth-order valence-electron chi connectivity index (χ4n) is 5.83. The number of carboxylic acids is 1. The van der Waals surface area contributed by atoms with Crippen molar-refractivity contribution in [2.24, 2.45) is 5.92 Å². The van der Waals surface area contributed by atoms with Crippen LogP contribution in [0.25, 0.3) is 11.4 Å². The number of carbonyl (C=O) groups is 4. The van der Waals surface area contributed by atoms with Gasteiger partial charge in [0, 0.05) is 29.2 Å². The molecule has 1 aliphatic carbocycles. The van der Waals surface area contributed by atoms with Crippen molar-refractivity contribution in [1.29, 1.82) is 0 Å². The third-order valence-electron chi connectivity index (χ3n) is 8.36. The molecule has 0 radical (unpaired) electrons. The Morgan fingerprint density at radius 2 is 1.91 bits per heavy atom. The second kappa shape index (κ2) is 12.5. The number of carbonyl (C=O) groups excluding carboxylic acids is 3. The van der Waals surface area contributed by atoms with Crippen molar-refractivity contribution in [1.82, 2.24) is 35.7 Å². The number of tetrazole rings is 1. The molecule has 3 amide bonds. The maximum atomic E-state index is 14.5. The summed E-state index contributed by atoms with van der Waals surface area (Å²) in [5.41, 5.74) is -1.46. The largest absolute Gasteiger partial charge is 0.479 e. The number of nitrogens with zero attached hydrogens (tertiary/aromatic N) is 5. The summed E-state index contributed by atoms with van der Waals surface area (Å²) in [6.45, 7) is 9.03. The van der Waals surface area contributed by atoms with Gasteiger partial charge in [0.05, 0.1) is 6.04 Å². The van der Waals surface area contributed by atoms with E-state index >= 15 is 0 Å². The predicted molar refractivity (Wildman–Crippen MR) is 167 cm³/mol. The zero-order chi connectivity index (χ0) is 32.6. The number of carboxylic acid groups (broad SMARTS) is 1. The van der Waals surface area contributed by atoms with Gasteiger partial charge in [-0.05, 0) is 64.8 Å². The van der Waals surface area contributed by atoms with Gasteiger partial charge in [-0.2, -0.15) is 16.6 Å². The number of allylic oxidation sites excluding steroid dienone is 1. The number of benzene rings is 1. The second-order valence-electron chi connectivity index (χ2n) is 13.4. The van der Waals surface area contributed by atoms with E-state index in [1.165, 1.54) is 9.70 Å². The summed E-state index contributed by atoms with van der Waals surface area (Å²) in [6.07, 6.45) is 4.97. The van der Waals surface area contributed by atoms with E-state index in [1.54, 1.807) is 32.5 Å². The molecule has 14 heteroatoms. The lowest BCUT2D eigenvalue weighted by atomic mass is 10.0. The van der Waals surface area contributed by atoms with Crippen LogP contribution in [0.1, 0.15) is 66.3 Å². The molecule has 5 atom stereocenters. The van der Waals surface area contributed by atoms with Crippen molar-refractivity contribution in [2.75, 3.05) is 12.3 Å². The summed E-state index contributed by atoms with van der Waals surface area (Å²) in [4.78, 5) is 56.7. The van der Waals surface area contributed by atoms with E-state index in [9.17, 15) is 24.3 Å². The van der Waals surface area contributed by atoms with E-state index < -0.39 is 57.9 Å². The molecule has 2 unspecified atom stereocenters. The van der Waals surface area contributed by atoms with Crippen molar-refractivity contribution < 1.29 is 29.0 Å². The zero-order valence-corrected chi connectivity index (χ0v) is 27.0. The Bertz CT molecular complexity index is 1470. The standard InChI is InChI=1S/C31H41N7O6S/c1-29(2,3)44-28(43)32-23-26(40)37-18-21(38-35-24(34-36-38)19-12-8-6-9-13-19)16-22(37)25(39)33-31(27(41)42)17-20(31)14-10-7-11-15-45-30(23,4)5/h6,8-10,12-14,20-23H,7,11,15-18H2,1-5H3,(H,32,43)(H,33,39)(H,41,42)/b14-10-/t20?,21-,22+,23-,31?/m1/s1. The molecule has 3 heterocycles. The van der Waals surface area contributed by atoms with Crippen LogP contribution in [0.4, 0.5) is 4.79 Å². The Kier molecular flexibility index (Phi) is 8.98. The van der Waals surface area contributed by atoms with Crippen LogP contribution in [0.15, 0.2) is 42.5 Å². The van der Waals surface area contributed by atoms with Gasteiger partial charge in [-0.1, -0.05) is 42.5 Å². The average molecular weight is 640 g/mol. The average Bonchev–Trinajstić information content (AvgIpc) is 3.28. The monoisotopic (exact) mass is 639 g/mol. The van der Waals surface area contributed by atoms with Crippen LogP contribution in [-0.2, 0) is 19.1 Å². The molecule has 2 aromatic rings. The molecule has 2 fully saturated rings. The van der Waals surface area contributed by atoms with Gasteiger partial charge in [0.25, 0.3) is 0 Å². The maximum Gasteiger partial charge on any atom is 0.408 e. The first-order valence-corrected chi connectivity index (χ1v) is 16.2. The highest BCUT2D eigenvalue weighted by atomic mass is 32.2. The molecule has 0 bridgehead atoms. The molecule has 2 aliphatic heterocycles. The van der Waals surface area contributed by atoms with E-state index in [2.05, 4.69) is 26.0 Å². The number of aromatic nitrogens is 4. The quantitative estimate of drug-likeness (QED) is 0.423. The molecule has 1 aromatic carbocycles. The summed E-state index contributed by atoms with van der Waals surface area (Å²) in [6, 6.07) is 6.70. The highest BCUT2D eigenvalue weighted by Crippen LogP contribution is 2.46. The fourth-order valence-corrected chi connectivity index (χ4v) is 6.99. The van der Waals surface area contributed by atoms with E-state index in [0.717, 1.165) is 12.0 Å². The highest BCUT2D eigenvalue weighted by molar-refractivity contribution is 8.00. The number of hydrogen-bond donors (Lipinski definition) is 3. The van der Waals surface area contributed by atoms with Gasteiger partial charge in [0.15, 0.2) is 0 Å². The SMILES string of the molecule is CC(C)(C)OC(=O)N[C@@H]1C(=O)N2C[C@H](n3nnc(-c4ccccc4)n3)C[C@H]2C(=O)NC2(C(=O)O)CC2/C=C\CCCSC1(C)C. The van der Waals surface area contributed by atoms with E-state index in [-0.39, 0.29) is 25.3 Å². The summed E-state index contributed by atoms with van der Waals surface area (Å²) >= 11 is 1.54. The molecule has 1 aromatic heterocycles. The number of nitrogens with one attached hydrogen (secondary N) is 2. The second-order valence-corrected chi connectivity index (χ2v) is 15.1. The first-order valence-electron chi connectivity index (χ1n) is 15.2. The van der Waals surface area contributed by atoms with Gasteiger partial charge in [-0.25, -0.2) is 9.59 Å². The van der Waals surface area contributed by atoms with Crippen LogP contribution in [-0.4, -0.2) is 94.4 Å². The minimum absolute atomic E-state index is 0.0537. The molecule has 0 spiro atoms. The van der Waals surface area contributed by atoms with Crippen LogP contribution in [0.5, 0.6) is 0 Å². The first-order chi connectivity index (χ1) is 21.2. The molecule has 1 saturated heterocycles.